The van der Waals surface area contributed by atoms with Gasteiger partial charge in [0.2, 0.25) is 0 Å². The fraction of sp³-hybridized carbons (Fsp3) is 0.235. The van der Waals surface area contributed by atoms with Crippen molar-refractivity contribution < 1.29 is 22.3 Å². The maximum absolute atomic E-state index is 12.9. The second-order valence-corrected chi connectivity index (χ2v) is 6.91. The topological polar surface area (TPSA) is 84.5 Å². The Hall–Kier alpha value is -2.61. The van der Waals surface area contributed by atoms with Gasteiger partial charge in [-0.05, 0) is 48.9 Å². The summed E-state index contributed by atoms with van der Waals surface area (Å²) >= 11 is 0. The standard InChI is InChI=1S/C17H19FN2O4S/c1-3-10-19-17(21)15-11-14(8-9-16(15)24-2)25(22,23)20-13-6-4-12(18)5-7-13/h4-9,11,20H,3,10H2,1-2H3,(H,19,21). The number of sulfonamides is 1. The largest absolute Gasteiger partial charge is 0.496 e. The molecule has 2 N–H and O–H groups in total. The molecule has 0 heterocycles. The Kier molecular flexibility index (Phi) is 5.97. The first-order valence-electron chi connectivity index (χ1n) is 7.62. The zero-order valence-corrected chi connectivity index (χ0v) is 14.7. The molecule has 6 nitrogen and oxygen atoms in total. The molecule has 0 fully saturated rings. The minimum Gasteiger partial charge on any atom is -0.496 e. The van der Waals surface area contributed by atoms with Crippen molar-refractivity contribution in [3.63, 3.8) is 0 Å². The highest BCUT2D eigenvalue weighted by Crippen LogP contribution is 2.24. The van der Waals surface area contributed by atoms with E-state index >= 15 is 0 Å². The molecule has 0 aliphatic rings. The summed E-state index contributed by atoms with van der Waals surface area (Å²) in [7, 11) is -2.54. The van der Waals surface area contributed by atoms with E-state index in [1.54, 1.807) is 0 Å². The van der Waals surface area contributed by atoms with Crippen molar-refractivity contribution in [1.29, 1.82) is 0 Å². The number of halogens is 1. The summed E-state index contributed by atoms with van der Waals surface area (Å²) in [4.78, 5) is 12.1. The van der Waals surface area contributed by atoms with Gasteiger partial charge in [-0.3, -0.25) is 9.52 Å². The van der Waals surface area contributed by atoms with Crippen LogP contribution in [-0.4, -0.2) is 28.0 Å². The molecular formula is C17H19FN2O4S. The highest BCUT2D eigenvalue weighted by Gasteiger charge is 2.20. The van der Waals surface area contributed by atoms with E-state index in [0.29, 0.717) is 6.54 Å². The number of ether oxygens (including phenoxy) is 1. The lowest BCUT2D eigenvalue weighted by Crippen LogP contribution is -2.25. The number of carbonyl (C=O) groups excluding carboxylic acids is 1. The summed E-state index contributed by atoms with van der Waals surface area (Å²) in [5, 5.41) is 2.68. The average Bonchev–Trinajstić information content (AvgIpc) is 2.60. The highest BCUT2D eigenvalue weighted by atomic mass is 32.2. The van der Waals surface area contributed by atoms with E-state index in [9.17, 15) is 17.6 Å². The van der Waals surface area contributed by atoms with Gasteiger partial charge in [-0.25, -0.2) is 12.8 Å². The normalized spacial score (nSPS) is 11.0. The van der Waals surface area contributed by atoms with Crippen LogP contribution >= 0.6 is 0 Å². The van der Waals surface area contributed by atoms with E-state index in [-0.39, 0.29) is 21.9 Å². The van der Waals surface area contributed by atoms with Crippen LogP contribution in [0.1, 0.15) is 23.7 Å². The molecule has 2 aromatic carbocycles. The van der Waals surface area contributed by atoms with Gasteiger partial charge < -0.3 is 10.1 Å². The van der Waals surface area contributed by atoms with Crippen LogP contribution in [0, 0.1) is 5.82 Å². The van der Waals surface area contributed by atoms with Crippen molar-refractivity contribution in [3.05, 3.63) is 53.8 Å². The summed E-state index contributed by atoms with van der Waals surface area (Å²) < 4.78 is 45.4. The van der Waals surface area contributed by atoms with Crippen LogP contribution in [0.5, 0.6) is 5.75 Å². The molecule has 25 heavy (non-hydrogen) atoms. The summed E-state index contributed by atoms with van der Waals surface area (Å²) in [5.74, 6) is -0.617. The average molecular weight is 366 g/mol. The van der Waals surface area contributed by atoms with Crippen molar-refractivity contribution in [3.8, 4) is 5.75 Å². The summed E-state index contributed by atoms with van der Waals surface area (Å²) in [6, 6.07) is 8.92. The first-order chi connectivity index (χ1) is 11.9. The van der Waals surface area contributed by atoms with Gasteiger partial charge in [0.05, 0.1) is 17.6 Å². The number of hydrogen-bond donors (Lipinski definition) is 2. The van der Waals surface area contributed by atoms with Gasteiger partial charge in [0.15, 0.2) is 0 Å². The van der Waals surface area contributed by atoms with Crippen molar-refractivity contribution in [2.75, 3.05) is 18.4 Å². The molecule has 2 rings (SSSR count). The molecule has 1 amide bonds. The molecule has 0 bridgehead atoms. The summed E-state index contributed by atoms with van der Waals surface area (Å²) in [6.45, 7) is 2.37. The predicted molar refractivity (Wildman–Crippen MR) is 92.8 cm³/mol. The molecule has 2 aromatic rings. The Labute approximate surface area is 146 Å². The number of amides is 1. The van der Waals surface area contributed by atoms with Gasteiger partial charge in [0, 0.05) is 12.2 Å². The molecule has 0 radical (unpaired) electrons. The van der Waals surface area contributed by atoms with E-state index in [2.05, 4.69) is 10.0 Å². The smallest absolute Gasteiger partial charge is 0.261 e. The lowest BCUT2D eigenvalue weighted by atomic mass is 10.2. The fourth-order valence-electron chi connectivity index (χ4n) is 2.10. The monoisotopic (exact) mass is 366 g/mol. The molecule has 0 aliphatic carbocycles. The number of methoxy groups -OCH3 is 1. The number of nitrogens with one attached hydrogen (secondary N) is 2. The lowest BCUT2D eigenvalue weighted by Gasteiger charge is -2.12. The molecule has 0 spiro atoms. The zero-order valence-electron chi connectivity index (χ0n) is 13.9. The third kappa shape index (κ3) is 4.69. The van der Waals surface area contributed by atoms with E-state index in [0.717, 1.165) is 18.6 Å². The van der Waals surface area contributed by atoms with Crippen LogP contribution in [0.4, 0.5) is 10.1 Å². The lowest BCUT2D eigenvalue weighted by molar-refractivity contribution is 0.0950. The van der Waals surface area contributed by atoms with E-state index in [1.807, 2.05) is 6.92 Å². The molecule has 0 saturated heterocycles. The first kappa shape index (κ1) is 18.7. The van der Waals surface area contributed by atoms with E-state index in [1.165, 1.54) is 37.4 Å². The SMILES string of the molecule is CCCNC(=O)c1cc(S(=O)(=O)Nc2ccc(F)cc2)ccc1OC. The first-order valence-corrected chi connectivity index (χ1v) is 9.10. The van der Waals surface area contributed by atoms with Gasteiger partial charge in [-0.1, -0.05) is 6.92 Å². The maximum atomic E-state index is 12.9. The molecular weight excluding hydrogens is 347 g/mol. The number of hydrogen-bond acceptors (Lipinski definition) is 4. The number of rotatable bonds is 7. The van der Waals surface area contributed by atoms with Gasteiger partial charge in [0.25, 0.3) is 15.9 Å². The van der Waals surface area contributed by atoms with E-state index < -0.39 is 21.7 Å². The second kappa shape index (κ2) is 7.98. The minimum absolute atomic E-state index is 0.0979. The van der Waals surface area contributed by atoms with Crippen LogP contribution < -0.4 is 14.8 Å². The molecule has 8 heteroatoms. The third-order valence-corrected chi connectivity index (χ3v) is 4.74. The van der Waals surface area contributed by atoms with Crippen molar-refractivity contribution in [2.45, 2.75) is 18.2 Å². The van der Waals surface area contributed by atoms with Gasteiger partial charge in [-0.2, -0.15) is 0 Å². The third-order valence-electron chi connectivity index (χ3n) is 3.36. The molecule has 0 saturated carbocycles. The second-order valence-electron chi connectivity index (χ2n) is 5.23. The Bertz CT molecular complexity index is 851. The van der Waals surface area contributed by atoms with Crippen LogP contribution in [0.3, 0.4) is 0 Å². The summed E-state index contributed by atoms with van der Waals surface area (Å²) in [6.07, 6.45) is 0.748. The Morgan fingerprint density at radius 1 is 1.16 bits per heavy atom. The number of carbonyl (C=O) groups is 1. The Morgan fingerprint density at radius 3 is 2.44 bits per heavy atom. The molecule has 134 valence electrons. The van der Waals surface area contributed by atoms with Crippen molar-refractivity contribution >= 4 is 21.6 Å². The predicted octanol–water partition coefficient (Wildman–Crippen LogP) is 2.77. The summed E-state index contributed by atoms with van der Waals surface area (Å²) in [5.41, 5.74) is 0.340. The quantitative estimate of drug-likeness (QED) is 0.789. The van der Waals surface area contributed by atoms with Crippen molar-refractivity contribution in [1.82, 2.24) is 5.32 Å². The maximum Gasteiger partial charge on any atom is 0.261 e. The Morgan fingerprint density at radius 2 is 1.84 bits per heavy atom. The van der Waals surface area contributed by atoms with Crippen LogP contribution in [-0.2, 0) is 10.0 Å². The molecule has 0 atom stereocenters. The van der Waals surface area contributed by atoms with Crippen LogP contribution in [0.2, 0.25) is 0 Å². The Balaban J connectivity index is 2.34. The molecule has 0 aliphatic heterocycles. The minimum atomic E-state index is -3.94. The van der Waals surface area contributed by atoms with Gasteiger partial charge in [0.1, 0.15) is 11.6 Å². The number of benzene rings is 2. The van der Waals surface area contributed by atoms with Gasteiger partial charge in [-0.15, -0.1) is 0 Å². The van der Waals surface area contributed by atoms with Crippen LogP contribution in [0.25, 0.3) is 0 Å². The molecule has 0 aromatic heterocycles. The zero-order chi connectivity index (χ0) is 18.4. The van der Waals surface area contributed by atoms with Crippen LogP contribution in [0.15, 0.2) is 47.4 Å². The highest BCUT2D eigenvalue weighted by molar-refractivity contribution is 7.92. The van der Waals surface area contributed by atoms with Crippen molar-refractivity contribution in [2.24, 2.45) is 0 Å². The molecule has 0 unspecified atom stereocenters. The van der Waals surface area contributed by atoms with Gasteiger partial charge >= 0.3 is 0 Å². The fourth-order valence-corrected chi connectivity index (χ4v) is 3.18. The van der Waals surface area contributed by atoms with E-state index in [4.69, 9.17) is 4.74 Å². The number of anilines is 1.